The third kappa shape index (κ3) is 5.40. The molecular formula is C19H20Cl2N2O2S. The van der Waals surface area contributed by atoms with Crippen molar-refractivity contribution in [2.45, 2.75) is 24.8 Å². The van der Waals surface area contributed by atoms with Gasteiger partial charge in [0.15, 0.2) is 0 Å². The Balaban J connectivity index is 2.11. The van der Waals surface area contributed by atoms with Gasteiger partial charge in [0.2, 0.25) is 5.91 Å². The van der Waals surface area contributed by atoms with Crippen molar-refractivity contribution in [2.24, 2.45) is 5.92 Å². The molecule has 26 heavy (non-hydrogen) atoms. The van der Waals surface area contributed by atoms with E-state index in [2.05, 4.69) is 10.6 Å². The molecule has 138 valence electrons. The zero-order chi connectivity index (χ0) is 19.3. The Hall–Kier alpha value is -1.69. The molecule has 0 aliphatic heterocycles. The van der Waals surface area contributed by atoms with Crippen LogP contribution in [0.4, 0.5) is 5.69 Å². The number of anilines is 1. The van der Waals surface area contributed by atoms with E-state index in [4.69, 9.17) is 23.2 Å². The molecule has 0 radical (unpaired) electrons. The topological polar surface area (TPSA) is 58.2 Å². The minimum Gasteiger partial charge on any atom is -0.340 e. The Morgan fingerprint density at radius 1 is 1.04 bits per heavy atom. The highest BCUT2D eigenvalue weighted by Gasteiger charge is 2.25. The van der Waals surface area contributed by atoms with Crippen molar-refractivity contribution in [3.63, 3.8) is 0 Å². The van der Waals surface area contributed by atoms with E-state index < -0.39 is 11.9 Å². The zero-order valence-electron chi connectivity index (χ0n) is 14.7. The van der Waals surface area contributed by atoms with Gasteiger partial charge >= 0.3 is 0 Å². The number of amides is 2. The normalized spacial score (nSPS) is 11.9. The minimum atomic E-state index is -0.700. The number of hydrogen-bond acceptors (Lipinski definition) is 3. The molecule has 2 aromatic carbocycles. The molecule has 2 rings (SSSR count). The maximum absolute atomic E-state index is 12.6. The molecule has 7 heteroatoms. The highest BCUT2D eigenvalue weighted by Crippen LogP contribution is 2.22. The predicted octanol–water partition coefficient (Wildman–Crippen LogP) is 5.11. The molecule has 0 heterocycles. The Morgan fingerprint density at radius 2 is 1.69 bits per heavy atom. The fourth-order valence-electron chi connectivity index (χ4n) is 2.32. The summed E-state index contributed by atoms with van der Waals surface area (Å²) in [6.07, 6.45) is 1.99. The van der Waals surface area contributed by atoms with E-state index >= 15 is 0 Å². The molecule has 0 saturated heterocycles. The number of nitrogens with one attached hydrogen (secondary N) is 2. The molecule has 2 aromatic rings. The van der Waals surface area contributed by atoms with Crippen LogP contribution < -0.4 is 10.6 Å². The molecule has 0 unspecified atom stereocenters. The Labute approximate surface area is 167 Å². The highest BCUT2D eigenvalue weighted by molar-refractivity contribution is 7.98. The first kappa shape index (κ1) is 20.6. The van der Waals surface area contributed by atoms with E-state index in [0.717, 1.165) is 4.90 Å². The zero-order valence-corrected chi connectivity index (χ0v) is 17.0. The van der Waals surface area contributed by atoms with Gasteiger partial charge in [-0.15, -0.1) is 11.8 Å². The SMILES string of the molecule is CSc1ccc(NC(=O)[C@@H](NC(=O)c2ccc(Cl)cc2Cl)C(C)C)cc1. The number of hydrogen-bond donors (Lipinski definition) is 2. The molecule has 0 fully saturated rings. The standard InChI is InChI=1S/C19H20Cl2N2O2S/c1-11(2)17(19(25)22-13-5-7-14(26-3)8-6-13)23-18(24)15-9-4-12(20)10-16(15)21/h4-11,17H,1-3H3,(H,22,25)(H,23,24)/t17-/m0/s1. The molecule has 4 nitrogen and oxygen atoms in total. The van der Waals surface area contributed by atoms with Gasteiger partial charge in [-0.2, -0.15) is 0 Å². The van der Waals surface area contributed by atoms with Crippen molar-refractivity contribution < 1.29 is 9.59 Å². The minimum absolute atomic E-state index is 0.101. The van der Waals surface area contributed by atoms with Gasteiger partial charge in [-0.3, -0.25) is 9.59 Å². The molecular weight excluding hydrogens is 391 g/mol. The second kappa shape index (κ2) is 9.31. The smallest absolute Gasteiger partial charge is 0.253 e. The van der Waals surface area contributed by atoms with Crippen molar-refractivity contribution in [3.05, 3.63) is 58.1 Å². The van der Waals surface area contributed by atoms with Crippen LogP contribution in [0, 0.1) is 5.92 Å². The van der Waals surface area contributed by atoms with Crippen LogP contribution in [0.5, 0.6) is 0 Å². The number of halogens is 2. The number of carbonyl (C=O) groups is 2. The van der Waals surface area contributed by atoms with E-state index in [9.17, 15) is 9.59 Å². The van der Waals surface area contributed by atoms with E-state index in [1.807, 2.05) is 44.4 Å². The quantitative estimate of drug-likeness (QED) is 0.650. The van der Waals surface area contributed by atoms with Gasteiger partial charge in [-0.25, -0.2) is 0 Å². The van der Waals surface area contributed by atoms with Gasteiger partial charge in [0.05, 0.1) is 10.6 Å². The Bertz CT molecular complexity index is 795. The highest BCUT2D eigenvalue weighted by atomic mass is 35.5. The third-order valence-electron chi connectivity index (χ3n) is 3.77. The lowest BCUT2D eigenvalue weighted by Crippen LogP contribution is -2.47. The summed E-state index contributed by atoms with van der Waals surface area (Å²) in [5.74, 6) is -0.802. The lowest BCUT2D eigenvalue weighted by molar-refractivity contribution is -0.118. The van der Waals surface area contributed by atoms with Crippen molar-refractivity contribution in [2.75, 3.05) is 11.6 Å². The van der Waals surface area contributed by atoms with Crippen molar-refractivity contribution in [1.29, 1.82) is 0 Å². The first-order valence-electron chi connectivity index (χ1n) is 8.02. The van der Waals surface area contributed by atoms with Gasteiger partial charge in [0, 0.05) is 15.6 Å². The molecule has 1 atom stereocenters. The van der Waals surface area contributed by atoms with E-state index in [-0.39, 0.29) is 22.4 Å². The summed E-state index contributed by atoms with van der Waals surface area (Å²) in [6, 6.07) is 11.4. The summed E-state index contributed by atoms with van der Waals surface area (Å²) in [5, 5.41) is 6.28. The summed E-state index contributed by atoms with van der Waals surface area (Å²) in [6.45, 7) is 3.73. The number of rotatable bonds is 6. The molecule has 0 aromatic heterocycles. The molecule has 0 aliphatic carbocycles. The molecule has 0 saturated carbocycles. The molecule has 2 N–H and O–H groups in total. The fraction of sp³-hybridized carbons (Fsp3) is 0.263. The van der Waals surface area contributed by atoms with Crippen LogP contribution >= 0.6 is 35.0 Å². The molecule has 0 bridgehead atoms. The van der Waals surface area contributed by atoms with Gasteiger partial charge in [0.1, 0.15) is 6.04 Å². The van der Waals surface area contributed by atoms with Crippen LogP contribution in [0.2, 0.25) is 10.0 Å². The van der Waals surface area contributed by atoms with Gasteiger partial charge in [-0.1, -0.05) is 37.0 Å². The van der Waals surface area contributed by atoms with Crippen molar-refractivity contribution in [3.8, 4) is 0 Å². The van der Waals surface area contributed by atoms with Crippen LogP contribution in [-0.2, 0) is 4.79 Å². The predicted molar refractivity (Wildman–Crippen MR) is 109 cm³/mol. The fourth-order valence-corrected chi connectivity index (χ4v) is 3.22. The van der Waals surface area contributed by atoms with Gasteiger partial charge < -0.3 is 10.6 Å². The second-order valence-corrected chi connectivity index (χ2v) is 7.76. The summed E-state index contributed by atoms with van der Waals surface area (Å²) in [4.78, 5) is 26.2. The van der Waals surface area contributed by atoms with Crippen molar-refractivity contribution in [1.82, 2.24) is 5.32 Å². The second-order valence-electron chi connectivity index (χ2n) is 6.04. The van der Waals surface area contributed by atoms with Crippen LogP contribution in [-0.4, -0.2) is 24.1 Å². The third-order valence-corrected chi connectivity index (χ3v) is 5.06. The first-order valence-corrected chi connectivity index (χ1v) is 10.0. The van der Waals surface area contributed by atoms with Crippen molar-refractivity contribution >= 4 is 52.5 Å². The summed E-state index contributed by atoms with van der Waals surface area (Å²) in [5.41, 5.74) is 0.955. The van der Waals surface area contributed by atoms with Crippen LogP contribution in [0.3, 0.4) is 0 Å². The van der Waals surface area contributed by atoms with Crippen LogP contribution in [0.1, 0.15) is 24.2 Å². The first-order chi connectivity index (χ1) is 12.3. The van der Waals surface area contributed by atoms with E-state index in [1.165, 1.54) is 12.1 Å². The van der Waals surface area contributed by atoms with Crippen LogP contribution in [0.25, 0.3) is 0 Å². The average Bonchev–Trinajstić information content (AvgIpc) is 2.59. The number of benzene rings is 2. The Kier molecular flexibility index (Phi) is 7.38. The summed E-state index contributed by atoms with van der Waals surface area (Å²) in [7, 11) is 0. The number of carbonyl (C=O) groups excluding carboxylic acids is 2. The largest absolute Gasteiger partial charge is 0.340 e. The number of thioether (sulfide) groups is 1. The van der Waals surface area contributed by atoms with Crippen LogP contribution in [0.15, 0.2) is 47.4 Å². The van der Waals surface area contributed by atoms with Gasteiger partial charge in [0.25, 0.3) is 5.91 Å². The lowest BCUT2D eigenvalue weighted by atomic mass is 10.0. The Morgan fingerprint density at radius 3 is 2.23 bits per heavy atom. The summed E-state index contributed by atoms with van der Waals surface area (Å²) < 4.78 is 0. The van der Waals surface area contributed by atoms with E-state index in [1.54, 1.807) is 17.8 Å². The summed E-state index contributed by atoms with van der Waals surface area (Å²) >= 11 is 13.6. The maximum Gasteiger partial charge on any atom is 0.253 e. The monoisotopic (exact) mass is 410 g/mol. The molecule has 0 aliphatic rings. The average molecular weight is 411 g/mol. The van der Waals surface area contributed by atoms with Gasteiger partial charge in [-0.05, 0) is 54.6 Å². The molecule has 2 amide bonds. The molecule has 0 spiro atoms. The lowest BCUT2D eigenvalue weighted by Gasteiger charge is -2.22. The van der Waals surface area contributed by atoms with E-state index in [0.29, 0.717) is 10.7 Å². The maximum atomic E-state index is 12.6.